The molecule has 0 radical (unpaired) electrons. The van der Waals surface area contributed by atoms with Crippen LogP contribution in [0.4, 0.5) is 0 Å². The Bertz CT molecular complexity index is 51.3. The van der Waals surface area contributed by atoms with E-state index in [0.29, 0.717) is 0 Å². The highest BCUT2D eigenvalue weighted by molar-refractivity contribution is 4.66. The smallest absolute Gasteiger partial charge is 0.115 e. The topological polar surface area (TPSA) is 35.2 Å². The van der Waals surface area contributed by atoms with Crippen molar-refractivity contribution < 1.29 is 4.74 Å². The molecule has 50 valence electrons. The first-order valence-corrected chi connectivity index (χ1v) is 3.02. The van der Waals surface area contributed by atoms with Gasteiger partial charge in [-0.25, -0.2) is 0 Å². The van der Waals surface area contributed by atoms with Crippen molar-refractivity contribution >= 4 is 0 Å². The van der Waals surface area contributed by atoms with Gasteiger partial charge in [-0.05, 0) is 12.8 Å². The Morgan fingerprint density at radius 3 is 1.75 bits per heavy atom. The maximum absolute atomic E-state index is 5.67. The Labute approximate surface area is 51.0 Å². The molecule has 0 unspecified atom stereocenters. The van der Waals surface area contributed by atoms with Gasteiger partial charge in [0.1, 0.15) is 5.72 Å². The zero-order valence-corrected chi connectivity index (χ0v) is 5.90. The molecule has 0 amide bonds. The first-order chi connectivity index (χ1) is 3.68. The zero-order chi connectivity index (χ0) is 6.62. The minimum atomic E-state index is -0.375. The van der Waals surface area contributed by atoms with E-state index in [0.717, 1.165) is 12.8 Å². The van der Waals surface area contributed by atoms with Crippen LogP contribution in [0.15, 0.2) is 0 Å². The summed E-state index contributed by atoms with van der Waals surface area (Å²) in [5.41, 5.74) is 5.30. The second-order valence-corrected chi connectivity index (χ2v) is 1.98. The monoisotopic (exact) mass is 117 g/mol. The average Bonchev–Trinajstić information content (AvgIpc) is 1.87. The summed E-state index contributed by atoms with van der Waals surface area (Å²) in [6.45, 7) is 4.04. The van der Waals surface area contributed by atoms with E-state index in [1.54, 1.807) is 7.11 Å². The quantitative estimate of drug-likeness (QED) is 0.562. The lowest BCUT2D eigenvalue weighted by Gasteiger charge is -2.23. The molecule has 0 aliphatic rings. The Hall–Kier alpha value is -0.0800. The molecule has 2 heteroatoms. The summed E-state index contributed by atoms with van der Waals surface area (Å²) in [5.74, 6) is 0. The fourth-order valence-electron chi connectivity index (χ4n) is 0.539. The number of rotatable bonds is 3. The fraction of sp³-hybridized carbons (Fsp3) is 1.00. The highest BCUT2D eigenvalue weighted by Gasteiger charge is 2.17. The van der Waals surface area contributed by atoms with E-state index in [9.17, 15) is 0 Å². The first-order valence-electron chi connectivity index (χ1n) is 3.02. The summed E-state index contributed by atoms with van der Waals surface area (Å²) < 4.78 is 5.01. The lowest BCUT2D eigenvalue weighted by atomic mass is 10.1. The highest BCUT2D eigenvalue weighted by atomic mass is 16.5. The van der Waals surface area contributed by atoms with Crippen LogP contribution in [0, 0.1) is 0 Å². The molecule has 2 N–H and O–H groups in total. The molecule has 0 saturated carbocycles. The van der Waals surface area contributed by atoms with Crippen LogP contribution in [0.3, 0.4) is 0 Å². The molecular weight excluding hydrogens is 102 g/mol. The molecule has 0 heterocycles. The summed E-state index contributed by atoms with van der Waals surface area (Å²) in [6, 6.07) is 0. The molecule has 0 aromatic rings. The maximum Gasteiger partial charge on any atom is 0.115 e. The molecule has 0 atom stereocenters. The van der Waals surface area contributed by atoms with E-state index in [4.69, 9.17) is 10.5 Å². The van der Waals surface area contributed by atoms with Gasteiger partial charge in [0, 0.05) is 7.11 Å². The normalized spacial score (nSPS) is 12.0. The van der Waals surface area contributed by atoms with Crippen LogP contribution < -0.4 is 5.73 Å². The molecule has 2 nitrogen and oxygen atoms in total. The molecule has 0 aliphatic carbocycles. The molecule has 0 saturated heterocycles. The zero-order valence-electron chi connectivity index (χ0n) is 5.90. The SMILES string of the molecule is CCC(N)(CC)OC. The maximum atomic E-state index is 5.67. The second kappa shape index (κ2) is 3.05. The third-order valence-electron chi connectivity index (χ3n) is 1.60. The predicted octanol–water partition coefficient (Wildman–Crippen LogP) is 1.11. The Balaban J connectivity index is 3.58. The van der Waals surface area contributed by atoms with E-state index in [2.05, 4.69) is 0 Å². The van der Waals surface area contributed by atoms with Crippen LogP contribution >= 0.6 is 0 Å². The molecule has 0 aromatic heterocycles. The van der Waals surface area contributed by atoms with Gasteiger partial charge in [0.25, 0.3) is 0 Å². The van der Waals surface area contributed by atoms with E-state index < -0.39 is 0 Å². The first kappa shape index (κ1) is 7.92. The standard InChI is InChI=1S/C6H15NO/c1-4-6(7,5-2)8-3/h4-5,7H2,1-3H3. The second-order valence-electron chi connectivity index (χ2n) is 1.98. The third-order valence-corrected chi connectivity index (χ3v) is 1.60. The van der Waals surface area contributed by atoms with Crippen molar-refractivity contribution in [3.05, 3.63) is 0 Å². The van der Waals surface area contributed by atoms with Gasteiger partial charge in [-0.3, -0.25) is 0 Å². The number of methoxy groups -OCH3 is 1. The van der Waals surface area contributed by atoms with Crippen molar-refractivity contribution in [1.82, 2.24) is 0 Å². The van der Waals surface area contributed by atoms with Crippen LogP contribution in [-0.4, -0.2) is 12.8 Å². The minimum absolute atomic E-state index is 0.375. The van der Waals surface area contributed by atoms with Crippen molar-refractivity contribution in [2.45, 2.75) is 32.4 Å². The number of hydrogen-bond acceptors (Lipinski definition) is 2. The summed E-state index contributed by atoms with van der Waals surface area (Å²) in [5, 5.41) is 0. The van der Waals surface area contributed by atoms with Crippen molar-refractivity contribution in [3.8, 4) is 0 Å². The van der Waals surface area contributed by atoms with Crippen molar-refractivity contribution in [2.75, 3.05) is 7.11 Å². The molecule has 0 bridgehead atoms. The summed E-state index contributed by atoms with van der Waals surface area (Å²) >= 11 is 0. The summed E-state index contributed by atoms with van der Waals surface area (Å²) in [7, 11) is 1.65. The van der Waals surface area contributed by atoms with E-state index in [1.807, 2.05) is 13.8 Å². The van der Waals surface area contributed by atoms with Crippen LogP contribution in [0.25, 0.3) is 0 Å². The number of hydrogen-bond donors (Lipinski definition) is 1. The van der Waals surface area contributed by atoms with Crippen LogP contribution in [-0.2, 0) is 4.74 Å². The Morgan fingerprint density at radius 2 is 1.75 bits per heavy atom. The van der Waals surface area contributed by atoms with Crippen LogP contribution in [0.2, 0.25) is 0 Å². The lowest BCUT2D eigenvalue weighted by molar-refractivity contribution is -0.0112. The van der Waals surface area contributed by atoms with Gasteiger partial charge in [-0.2, -0.15) is 0 Å². The lowest BCUT2D eigenvalue weighted by Crippen LogP contribution is -2.40. The molecule has 0 aliphatic heterocycles. The van der Waals surface area contributed by atoms with E-state index in [-0.39, 0.29) is 5.72 Å². The summed E-state index contributed by atoms with van der Waals surface area (Å²) in [6.07, 6.45) is 1.75. The van der Waals surface area contributed by atoms with Gasteiger partial charge in [0.05, 0.1) is 0 Å². The largest absolute Gasteiger partial charge is 0.364 e. The number of nitrogens with two attached hydrogens (primary N) is 1. The van der Waals surface area contributed by atoms with E-state index in [1.165, 1.54) is 0 Å². The van der Waals surface area contributed by atoms with Gasteiger partial charge >= 0.3 is 0 Å². The van der Waals surface area contributed by atoms with Gasteiger partial charge in [0.15, 0.2) is 0 Å². The van der Waals surface area contributed by atoms with Crippen molar-refractivity contribution in [3.63, 3.8) is 0 Å². The van der Waals surface area contributed by atoms with Gasteiger partial charge in [-0.1, -0.05) is 13.8 Å². The minimum Gasteiger partial charge on any atom is -0.364 e. The van der Waals surface area contributed by atoms with Crippen molar-refractivity contribution in [1.29, 1.82) is 0 Å². The van der Waals surface area contributed by atoms with E-state index >= 15 is 0 Å². The highest BCUT2D eigenvalue weighted by Crippen LogP contribution is 2.09. The predicted molar refractivity (Wildman–Crippen MR) is 34.5 cm³/mol. The molecule has 0 rings (SSSR count). The summed E-state index contributed by atoms with van der Waals surface area (Å²) in [4.78, 5) is 0. The molecule has 0 fully saturated rings. The average molecular weight is 117 g/mol. The van der Waals surface area contributed by atoms with Crippen molar-refractivity contribution in [2.24, 2.45) is 5.73 Å². The number of ether oxygens (including phenoxy) is 1. The fourth-order valence-corrected chi connectivity index (χ4v) is 0.539. The van der Waals surface area contributed by atoms with Gasteiger partial charge in [0.2, 0.25) is 0 Å². The van der Waals surface area contributed by atoms with Crippen LogP contribution in [0.1, 0.15) is 26.7 Å². The van der Waals surface area contributed by atoms with Gasteiger partial charge in [-0.15, -0.1) is 0 Å². The third kappa shape index (κ3) is 1.80. The van der Waals surface area contributed by atoms with Crippen LogP contribution in [0.5, 0.6) is 0 Å². The Morgan fingerprint density at radius 1 is 1.38 bits per heavy atom. The van der Waals surface area contributed by atoms with Gasteiger partial charge < -0.3 is 10.5 Å². The molecule has 0 spiro atoms. The Kier molecular flexibility index (Phi) is 3.02. The molecular formula is C6H15NO. The molecule has 8 heavy (non-hydrogen) atoms. The molecule has 0 aromatic carbocycles.